The van der Waals surface area contributed by atoms with Crippen LogP contribution in [0, 0.1) is 18.7 Å². The van der Waals surface area contributed by atoms with Gasteiger partial charge in [-0.2, -0.15) is 0 Å². The summed E-state index contributed by atoms with van der Waals surface area (Å²) in [6.07, 6.45) is 3.90. The van der Waals surface area contributed by atoms with Gasteiger partial charge in [-0.1, -0.05) is 31.5 Å². The molecule has 144 valence electrons. The van der Waals surface area contributed by atoms with E-state index >= 15 is 0 Å². The summed E-state index contributed by atoms with van der Waals surface area (Å²) in [6.45, 7) is 5.70. The molecule has 0 heterocycles. The van der Waals surface area contributed by atoms with Crippen molar-refractivity contribution in [3.63, 3.8) is 0 Å². The lowest BCUT2D eigenvalue weighted by atomic mass is 9.98. The number of sulfonamides is 1. The Hall–Kier alpha value is -2.47. The molecule has 0 radical (unpaired) electrons. The van der Waals surface area contributed by atoms with Crippen LogP contribution in [0.1, 0.15) is 32.3 Å². The summed E-state index contributed by atoms with van der Waals surface area (Å²) in [5.41, 5.74) is 1.19. The summed E-state index contributed by atoms with van der Waals surface area (Å²) in [7, 11) is -3.95. The Balaban J connectivity index is 2.48. The molecule has 0 spiro atoms. The predicted octanol–water partition coefficient (Wildman–Crippen LogP) is 4.85. The SMILES string of the molecule is CCC(CC)C(=O)/C=C/N(c1ccc(F)cc1)S(=O)(=O)c1ccc(C)cc1. The fourth-order valence-electron chi connectivity index (χ4n) is 2.69. The fraction of sp³-hybridized carbons (Fsp3) is 0.286. The number of hydrogen-bond donors (Lipinski definition) is 0. The maximum atomic E-state index is 13.3. The minimum Gasteiger partial charge on any atom is -0.294 e. The van der Waals surface area contributed by atoms with Crippen LogP contribution < -0.4 is 4.31 Å². The number of nitrogens with zero attached hydrogens (tertiary/aromatic N) is 1. The smallest absolute Gasteiger partial charge is 0.268 e. The van der Waals surface area contributed by atoms with Gasteiger partial charge < -0.3 is 0 Å². The lowest BCUT2D eigenvalue weighted by Crippen LogP contribution is -2.26. The second kappa shape index (κ2) is 8.95. The van der Waals surface area contributed by atoms with Crippen molar-refractivity contribution in [2.45, 2.75) is 38.5 Å². The van der Waals surface area contributed by atoms with Gasteiger partial charge in [0, 0.05) is 12.1 Å². The molecule has 0 amide bonds. The third-order valence-electron chi connectivity index (χ3n) is 4.42. The van der Waals surface area contributed by atoms with Crippen LogP contribution in [0.25, 0.3) is 0 Å². The average Bonchev–Trinajstić information content (AvgIpc) is 2.64. The van der Waals surface area contributed by atoms with Crippen molar-refractivity contribution in [3.05, 3.63) is 72.2 Å². The Morgan fingerprint density at radius 2 is 1.59 bits per heavy atom. The molecule has 0 aromatic heterocycles. The molecular weight excluding hydrogens is 365 g/mol. The molecule has 0 N–H and O–H groups in total. The van der Waals surface area contributed by atoms with Crippen molar-refractivity contribution < 1.29 is 17.6 Å². The minimum absolute atomic E-state index is 0.0945. The monoisotopic (exact) mass is 389 g/mol. The van der Waals surface area contributed by atoms with Crippen LogP contribution in [0.5, 0.6) is 0 Å². The molecule has 0 fully saturated rings. The van der Waals surface area contributed by atoms with E-state index in [4.69, 9.17) is 0 Å². The first-order valence-electron chi connectivity index (χ1n) is 8.88. The standard InChI is InChI=1S/C21H24FNO3S/c1-4-17(5-2)21(24)14-15-23(19-10-8-18(22)9-11-19)27(25,26)20-12-6-16(3)7-13-20/h6-15,17H,4-5H2,1-3H3/b15-14+. The fourth-order valence-corrected chi connectivity index (χ4v) is 4.01. The first-order valence-corrected chi connectivity index (χ1v) is 10.3. The quantitative estimate of drug-likeness (QED) is 0.607. The highest BCUT2D eigenvalue weighted by Crippen LogP contribution is 2.25. The normalized spacial score (nSPS) is 11.9. The Labute approximate surface area is 160 Å². The molecular formula is C21H24FNO3S. The first-order chi connectivity index (χ1) is 12.8. The maximum Gasteiger partial charge on any atom is 0.268 e. The van der Waals surface area contributed by atoms with Crippen LogP contribution >= 0.6 is 0 Å². The summed E-state index contributed by atoms with van der Waals surface area (Å²) >= 11 is 0. The lowest BCUT2D eigenvalue weighted by molar-refractivity contribution is -0.118. The van der Waals surface area contributed by atoms with Crippen LogP contribution in [0.2, 0.25) is 0 Å². The molecule has 0 unspecified atom stereocenters. The van der Waals surface area contributed by atoms with E-state index in [0.29, 0.717) is 12.8 Å². The van der Waals surface area contributed by atoms with Crippen molar-refractivity contribution in [3.8, 4) is 0 Å². The third kappa shape index (κ3) is 5.04. The molecule has 6 heteroatoms. The van der Waals surface area contributed by atoms with Gasteiger partial charge in [-0.3, -0.25) is 4.79 Å². The molecule has 2 rings (SSSR count). The molecule has 4 nitrogen and oxygen atoms in total. The molecule has 0 aliphatic carbocycles. The second-order valence-corrected chi connectivity index (χ2v) is 8.14. The highest BCUT2D eigenvalue weighted by Gasteiger charge is 2.24. The second-order valence-electron chi connectivity index (χ2n) is 6.32. The van der Waals surface area contributed by atoms with E-state index in [-0.39, 0.29) is 22.3 Å². The van der Waals surface area contributed by atoms with E-state index in [1.165, 1.54) is 48.7 Å². The number of hydrogen-bond acceptors (Lipinski definition) is 3. The molecule has 0 bridgehead atoms. The molecule has 0 aliphatic heterocycles. The third-order valence-corrected chi connectivity index (χ3v) is 6.14. The van der Waals surface area contributed by atoms with Gasteiger partial charge in [0.15, 0.2) is 5.78 Å². The Kier molecular flexibility index (Phi) is 6.91. The predicted molar refractivity (Wildman–Crippen MR) is 105 cm³/mol. The molecule has 2 aromatic carbocycles. The van der Waals surface area contributed by atoms with Crippen molar-refractivity contribution in [2.75, 3.05) is 4.31 Å². The Morgan fingerprint density at radius 3 is 2.11 bits per heavy atom. The van der Waals surface area contributed by atoms with Crippen LogP contribution in [-0.2, 0) is 14.8 Å². The lowest BCUT2D eigenvalue weighted by Gasteiger charge is -2.21. The number of carbonyl (C=O) groups excluding carboxylic acids is 1. The maximum absolute atomic E-state index is 13.3. The van der Waals surface area contributed by atoms with Gasteiger partial charge in [-0.05, 0) is 62.2 Å². The van der Waals surface area contributed by atoms with E-state index in [0.717, 1.165) is 9.87 Å². The van der Waals surface area contributed by atoms with E-state index in [9.17, 15) is 17.6 Å². The molecule has 0 saturated heterocycles. The van der Waals surface area contributed by atoms with Gasteiger partial charge in [0.05, 0.1) is 10.6 Å². The zero-order chi connectivity index (χ0) is 20.0. The van der Waals surface area contributed by atoms with Crippen molar-refractivity contribution in [1.29, 1.82) is 0 Å². The van der Waals surface area contributed by atoms with Crippen molar-refractivity contribution in [2.24, 2.45) is 5.92 Å². The van der Waals surface area contributed by atoms with E-state index in [1.807, 2.05) is 20.8 Å². The number of carbonyl (C=O) groups is 1. The summed E-state index contributed by atoms with van der Waals surface area (Å²) < 4.78 is 40.5. The number of benzene rings is 2. The molecule has 27 heavy (non-hydrogen) atoms. The minimum atomic E-state index is -3.95. The number of aryl methyl sites for hydroxylation is 1. The summed E-state index contributed by atoms with van der Waals surface area (Å²) in [5, 5.41) is 0. The number of anilines is 1. The molecule has 2 aromatic rings. The number of rotatable bonds is 8. The van der Waals surface area contributed by atoms with E-state index in [1.54, 1.807) is 12.1 Å². The number of ketones is 1. The van der Waals surface area contributed by atoms with Crippen LogP contribution in [0.4, 0.5) is 10.1 Å². The van der Waals surface area contributed by atoms with Crippen LogP contribution in [0.3, 0.4) is 0 Å². The first kappa shape index (κ1) is 20.8. The van der Waals surface area contributed by atoms with Crippen molar-refractivity contribution >= 4 is 21.5 Å². The highest BCUT2D eigenvalue weighted by molar-refractivity contribution is 7.93. The van der Waals surface area contributed by atoms with Gasteiger partial charge >= 0.3 is 0 Å². The Morgan fingerprint density at radius 1 is 1.04 bits per heavy atom. The van der Waals surface area contributed by atoms with Crippen molar-refractivity contribution in [1.82, 2.24) is 0 Å². The molecule has 0 atom stereocenters. The molecule has 0 aliphatic rings. The van der Waals surface area contributed by atoms with E-state index < -0.39 is 15.8 Å². The summed E-state index contributed by atoms with van der Waals surface area (Å²) in [6, 6.07) is 11.5. The van der Waals surface area contributed by atoms with Gasteiger partial charge in [-0.25, -0.2) is 17.1 Å². The van der Waals surface area contributed by atoms with Crippen LogP contribution in [-0.4, -0.2) is 14.2 Å². The summed E-state index contributed by atoms with van der Waals surface area (Å²) in [5.74, 6) is -0.756. The average molecular weight is 389 g/mol. The number of allylic oxidation sites excluding steroid dienone is 1. The van der Waals surface area contributed by atoms with Gasteiger partial charge in [0.2, 0.25) is 0 Å². The zero-order valence-electron chi connectivity index (χ0n) is 15.7. The largest absolute Gasteiger partial charge is 0.294 e. The van der Waals surface area contributed by atoms with E-state index in [2.05, 4.69) is 0 Å². The summed E-state index contributed by atoms with van der Waals surface area (Å²) in [4.78, 5) is 12.4. The van der Waals surface area contributed by atoms with Gasteiger partial charge in [0.25, 0.3) is 10.0 Å². The topological polar surface area (TPSA) is 54.5 Å². The zero-order valence-corrected chi connectivity index (χ0v) is 16.5. The Bertz CT molecular complexity index is 899. The molecule has 0 saturated carbocycles. The van der Waals surface area contributed by atoms with Gasteiger partial charge in [-0.15, -0.1) is 0 Å². The highest BCUT2D eigenvalue weighted by atomic mass is 32.2. The number of halogens is 1. The van der Waals surface area contributed by atoms with Crippen LogP contribution in [0.15, 0.2) is 65.7 Å². The van der Waals surface area contributed by atoms with Gasteiger partial charge in [0.1, 0.15) is 5.82 Å².